The summed E-state index contributed by atoms with van der Waals surface area (Å²) in [6.45, 7) is 11.4. The highest BCUT2D eigenvalue weighted by molar-refractivity contribution is 5.80. The zero-order chi connectivity index (χ0) is 21.1. The van der Waals surface area contributed by atoms with Crippen molar-refractivity contribution in [3.05, 3.63) is 23.8 Å². The highest BCUT2D eigenvalue weighted by atomic mass is 16.5. The monoisotopic (exact) mass is 406 g/mol. The van der Waals surface area contributed by atoms with Gasteiger partial charge in [0.15, 0.2) is 17.5 Å². The van der Waals surface area contributed by atoms with Crippen LogP contribution < -0.4 is 20.1 Å². The quantitative estimate of drug-likeness (QED) is 0.460. The van der Waals surface area contributed by atoms with E-state index >= 15 is 0 Å². The van der Waals surface area contributed by atoms with E-state index in [0.717, 1.165) is 62.1 Å². The first-order valence-electron chi connectivity index (χ1n) is 10.7. The molecule has 0 aromatic heterocycles. The smallest absolute Gasteiger partial charge is 0.191 e. The molecule has 164 valence electrons. The normalized spacial score (nSPS) is 16.1. The van der Waals surface area contributed by atoms with Gasteiger partial charge in [-0.15, -0.1) is 0 Å². The van der Waals surface area contributed by atoms with Crippen molar-refractivity contribution in [1.29, 1.82) is 0 Å². The topological polar surface area (TPSA) is 67.4 Å². The molecule has 1 aliphatic rings. The van der Waals surface area contributed by atoms with E-state index in [1.54, 1.807) is 7.11 Å². The van der Waals surface area contributed by atoms with Crippen molar-refractivity contribution in [1.82, 2.24) is 15.5 Å². The molecule has 1 fully saturated rings. The molecule has 1 aromatic carbocycles. The van der Waals surface area contributed by atoms with Crippen molar-refractivity contribution < 1.29 is 14.2 Å². The Bertz CT molecular complexity index is 628. The molecule has 1 aliphatic heterocycles. The Labute approximate surface area is 175 Å². The first kappa shape index (κ1) is 23.3. The number of hydrogen-bond acceptors (Lipinski definition) is 5. The molecule has 0 bridgehead atoms. The predicted octanol–water partition coefficient (Wildman–Crippen LogP) is 2.65. The summed E-state index contributed by atoms with van der Waals surface area (Å²) in [6, 6.07) is 6.44. The highest BCUT2D eigenvalue weighted by Gasteiger charge is 2.19. The van der Waals surface area contributed by atoms with E-state index in [0.29, 0.717) is 25.3 Å². The Hall–Kier alpha value is -1.99. The minimum Gasteiger partial charge on any atom is -0.493 e. The lowest BCUT2D eigenvalue weighted by Gasteiger charge is -2.33. The van der Waals surface area contributed by atoms with E-state index in [9.17, 15) is 0 Å². The van der Waals surface area contributed by atoms with E-state index in [2.05, 4.69) is 34.4 Å². The molecule has 1 aromatic rings. The van der Waals surface area contributed by atoms with Crippen LogP contribution in [0, 0.1) is 0 Å². The maximum absolute atomic E-state index is 5.66. The van der Waals surface area contributed by atoms with Crippen LogP contribution in [0.15, 0.2) is 23.2 Å². The molecule has 0 aliphatic carbocycles. The zero-order valence-corrected chi connectivity index (χ0v) is 18.7. The molecule has 2 rings (SSSR count). The number of likely N-dealkylation sites (tertiary alicyclic amines) is 1. The van der Waals surface area contributed by atoms with Gasteiger partial charge in [0, 0.05) is 39.3 Å². The largest absolute Gasteiger partial charge is 0.493 e. The summed E-state index contributed by atoms with van der Waals surface area (Å²) in [5.74, 6) is 2.36. The fourth-order valence-corrected chi connectivity index (χ4v) is 3.39. The molecular formula is C22H38N4O3. The van der Waals surface area contributed by atoms with Crippen LogP contribution in [-0.2, 0) is 11.3 Å². The number of nitrogens with one attached hydrogen (secondary N) is 2. The minimum atomic E-state index is 0.305. The lowest BCUT2D eigenvalue weighted by atomic mass is 10.1. The van der Waals surface area contributed by atoms with Crippen LogP contribution in [0.5, 0.6) is 11.5 Å². The van der Waals surface area contributed by atoms with E-state index in [1.165, 1.54) is 0 Å². The summed E-state index contributed by atoms with van der Waals surface area (Å²) >= 11 is 0. The fraction of sp³-hybridized carbons (Fsp3) is 0.682. The standard InChI is InChI=1S/C22H38N4O3/c1-6-28-21-15-18(7-8-20(21)27-5)16-24-22(23-4)25-19-9-11-26(12-10-19)13-14-29-17(2)3/h7-8,15,17,19H,6,9-14,16H2,1-5H3,(H2,23,24,25). The van der Waals surface area contributed by atoms with Crippen molar-refractivity contribution in [3.63, 3.8) is 0 Å². The first-order valence-corrected chi connectivity index (χ1v) is 10.7. The SMILES string of the molecule is CCOc1cc(CNC(=NC)NC2CCN(CCOC(C)C)CC2)ccc1OC. The third kappa shape index (κ3) is 8.11. The molecule has 0 saturated carbocycles. The van der Waals surface area contributed by atoms with Crippen LogP contribution in [0.2, 0.25) is 0 Å². The molecule has 0 spiro atoms. The van der Waals surface area contributed by atoms with Gasteiger partial charge in [-0.25, -0.2) is 0 Å². The maximum Gasteiger partial charge on any atom is 0.191 e. The molecule has 0 atom stereocenters. The summed E-state index contributed by atoms with van der Waals surface area (Å²) in [5, 5.41) is 6.96. The van der Waals surface area contributed by atoms with Gasteiger partial charge in [-0.2, -0.15) is 0 Å². The van der Waals surface area contributed by atoms with E-state index in [-0.39, 0.29) is 0 Å². The van der Waals surface area contributed by atoms with Gasteiger partial charge in [0.2, 0.25) is 0 Å². The number of nitrogens with zero attached hydrogens (tertiary/aromatic N) is 2. The molecule has 29 heavy (non-hydrogen) atoms. The fourth-order valence-electron chi connectivity index (χ4n) is 3.39. The molecule has 7 heteroatoms. The Kier molecular flexibility index (Phi) is 10.1. The number of hydrogen-bond donors (Lipinski definition) is 2. The average Bonchev–Trinajstić information content (AvgIpc) is 2.72. The highest BCUT2D eigenvalue weighted by Crippen LogP contribution is 2.27. The predicted molar refractivity (Wildman–Crippen MR) is 118 cm³/mol. The number of piperidine rings is 1. The van der Waals surface area contributed by atoms with Gasteiger partial charge in [0.25, 0.3) is 0 Å². The van der Waals surface area contributed by atoms with E-state index in [4.69, 9.17) is 14.2 Å². The van der Waals surface area contributed by atoms with Crippen molar-refractivity contribution in [3.8, 4) is 11.5 Å². The van der Waals surface area contributed by atoms with Gasteiger partial charge in [0.1, 0.15) is 0 Å². The molecule has 2 N–H and O–H groups in total. The third-order valence-electron chi connectivity index (χ3n) is 5.00. The Morgan fingerprint density at radius 2 is 2.00 bits per heavy atom. The van der Waals surface area contributed by atoms with Gasteiger partial charge >= 0.3 is 0 Å². The van der Waals surface area contributed by atoms with Gasteiger partial charge in [-0.1, -0.05) is 6.07 Å². The molecule has 0 radical (unpaired) electrons. The van der Waals surface area contributed by atoms with Crippen LogP contribution >= 0.6 is 0 Å². The Morgan fingerprint density at radius 3 is 2.62 bits per heavy atom. The number of guanidine groups is 1. The van der Waals surface area contributed by atoms with Crippen LogP contribution in [0.3, 0.4) is 0 Å². The van der Waals surface area contributed by atoms with E-state index in [1.807, 2.05) is 32.2 Å². The average molecular weight is 407 g/mol. The van der Waals surface area contributed by atoms with Gasteiger partial charge in [-0.3, -0.25) is 4.99 Å². The summed E-state index contributed by atoms with van der Waals surface area (Å²) in [7, 11) is 3.47. The number of rotatable bonds is 10. The van der Waals surface area contributed by atoms with E-state index < -0.39 is 0 Å². The van der Waals surface area contributed by atoms with Crippen molar-refractivity contribution in [2.75, 3.05) is 47.0 Å². The Morgan fingerprint density at radius 1 is 1.24 bits per heavy atom. The van der Waals surface area contributed by atoms with Crippen molar-refractivity contribution in [2.24, 2.45) is 4.99 Å². The van der Waals surface area contributed by atoms with Crippen LogP contribution in [0.1, 0.15) is 39.2 Å². The number of aliphatic imine (C=N–C) groups is 1. The summed E-state index contributed by atoms with van der Waals surface area (Å²) in [5.41, 5.74) is 1.12. The Balaban J connectivity index is 1.76. The van der Waals surface area contributed by atoms with Gasteiger partial charge in [-0.05, 0) is 51.3 Å². The zero-order valence-electron chi connectivity index (χ0n) is 18.7. The summed E-state index contributed by atoms with van der Waals surface area (Å²) < 4.78 is 16.7. The third-order valence-corrected chi connectivity index (χ3v) is 5.00. The number of methoxy groups -OCH3 is 1. The molecule has 0 amide bonds. The van der Waals surface area contributed by atoms with Crippen molar-refractivity contribution in [2.45, 2.75) is 52.3 Å². The van der Waals surface area contributed by atoms with Gasteiger partial charge < -0.3 is 29.7 Å². The lowest BCUT2D eigenvalue weighted by Crippen LogP contribution is -2.49. The number of benzene rings is 1. The minimum absolute atomic E-state index is 0.305. The second-order valence-electron chi connectivity index (χ2n) is 7.52. The first-order chi connectivity index (χ1) is 14.0. The lowest BCUT2D eigenvalue weighted by molar-refractivity contribution is 0.0532. The van der Waals surface area contributed by atoms with Crippen molar-refractivity contribution >= 4 is 5.96 Å². The van der Waals surface area contributed by atoms with Crippen LogP contribution in [0.25, 0.3) is 0 Å². The molecule has 1 saturated heterocycles. The molecular weight excluding hydrogens is 368 g/mol. The maximum atomic E-state index is 5.66. The summed E-state index contributed by atoms with van der Waals surface area (Å²) in [6.07, 6.45) is 2.53. The summed E-state index contributed by atoms with van der Waals surface area (Å²) in [4.78, 5) is 6.86. The van der Waals surface area contributed by atoms with Gasteiger partial charge in [0.05, 0.1) is 26.4 Å². The molecule has 0 unspecified atom stereocenters. The number of ether oxygens (including phenoxy) is 3. The second-order valence-corrected chi connectivity index (χ2v) is 7.52. The molecule has 7 nitrogen and oxygen atoms in total. The second kappa shape index (κ2) is 12.5. The molecule has 1 heterocycles. The van der Waals surface area contributed by atoms with Crippen LogP contribution in [0.4, 0.5) is 0 Å². The van der Waals surface area contributed by atoms with Crippen LogP contribution in [-0.4, -0.2) is 70.0 Å².